The van der Waals surface area contributed by atoms with Crippen molar-refractivity contribution in [2.75, 3.05) is 0 Å². The van der Waals surface area contributed by atoms with Crippen molar-refractivity contribution in [1.29, 1.82) is 0 Å². The summed E-state index contributed by atoms with van der Waals surface area (Å²) in [6.07, 6.45) is 0.533. The first-order valence-electron chi connectivity index (χ1n) is 4.04. The number of Topliss-reactive ketones (excluding diaryl/α,β-unsaturated/α-hetero) is 1. The van der Waals surface area contributed by atoms with Gasteiger partial charge in [-0.05, 0) is 6.92 Å². The first-order valence-corrected chi connectivity index (χ1v) is 4.04. The molecule has 0 aromatic heterocycles. The Hall–Kier alpha value is -1.64. The van der Waals surface area contributed by atoms with Crippen molar-refractivity contribution < 1.29 is 9.59 Å². The molecular formula is C10H11NO2. The second-order valence-corrected chi connectivity index (χ2v) is 2.74. The van der Waals surface area contributed by atoms with Gasteiger partial charge >= 0.3 is 0 Å². The summed E-state index contributed by atoms with van der Waals surface area (Å²) < 4.78 is 0. The van der Waals surface area contributed by atoms with Gasteiger partial charge in [-0.2, -0.15) is 0 Å². The number of carbonyl (C=O) groups is 2. The zero-order chi connectivity index (χ0) is 9.68. The van der Waals surface area contributed by atoms with Gasteiger partial charge < -0.3 is 5.32 Å². The highest BCUT2D eigenvalue weighted by molar-refractivity contribution is 6.00. The summed E-state index contributed by atoms with van der Waals surface area (Å²) in [5, 5.41) is 2.41. The van der Waals surface area contributed by atoms with E-state index < -0.39 is 6.04 Å². The summed E-state index contributed by atoms with van der Waals surface area (Å²) in [6.45, 7) is 1.66. The summed E-state index contributed by atoms with van der Waals surface area (Å²) >= 11 is 0. The molecule has 1 atom stereocenters. The lowest BCUT2D eigenvalue weighted by molar-refractivity contribution is -0.109. The van der Waals surface area contributed by atoms with E-state index in [1.807, 2.05) is 6.07 Å². The lowest BCUT2D eigenvalue weighted by atomic mass is 10.1. The van der Waals surface area contributed by atoms with E-state index >= 15 is 0 Å². The molecule has 0 fully saturated rings. The van der Waals surface area contributed by atoms with Crippen molar-refractivity contribution in [3.05, 3.63) is 35.9 Å². The maximum atomic E-state index is 11.5. The van der Waals surface area contributed by atoms with Gasteiger partial charge in [0.1, 0.15) is 0 Å². The maximum Gasteiger partial charge on any atom is 0.207 e. The fraction of sp³-hybridized carbons (Fsp3) is 0.200. The Morgan fingerprint density at radius 1 is 1.38 bits per heavy atom. The van der Waals surface area contributed by atoms with E-state index in [0.29, 0.717) is 12.0 Å². The van der Waals surface area contributed by atoms with Gasteiger partial charge in [-0.25, -0.2) is 0 Å². The Kier molecular flexibility index (Phi) is 3.20. The summed E-state index contributed by atoms with van der Waals surface area (Å²) in [4.78, 5) is 21.6. The minimum absolute atomic E-state index is 0.0762. The second kappa shape index (κ2) is 4.40. The van der Waals surface area contributed by atoms with E-state index in [2.05, 4.69) is 5.32 Å². The van der Waals surface area contributed by atoms with Crippen molar-refractivity contribution in [3.63, 3.8) is 0 Å². The molecule has 0 spiro atoms. The van der Waals surface area contributed by atoms with Crippen LogP contribution in [0.5, 0.6) is 0 Å². The molecule has 0 saturated heterocycles. The molecule has 0 unspecified atom stereocenters. The van der Waals surface area contributed by atoms with Crippen LogP contribution in [0.2, 0.25) is 0 Å². The molecule has 1 aromatic rings. The number of ketones is 1. The van der Waals surface area contributed by atoms with Gasteiger partial charge in [0.25, 0.3) is 0 Å². The Morgan fingerprint density at radius 2 is 2.00 bits per heavy atom. The van der Waals surface area contributed by atoms with E-state index in [-0.39, 0.29) is 5.78 Å². The van der Waals surface area contributed by atoms with Gasteiger partial charge in [-0.1, -0.05) is 30.3 Å². The normalized spacial score (nSPS) is 11.8. The van der Waals surface area contributed by atoms with Crippen LogP contribution < -0.4 is 5.32 Å². The highest BCUT2D eigenvalue weighted by atomic mass is 16.1. The molecule has 1 aromatic carbocycles. The lowest BCUT2D eigenvalue weighted by Crippen LogP contribution is -2.32. The Labute approximate surface area is 76.8 Å². The van der Waals surface area contributed by atoms with Crippen LogP contribution in [0, 0.1) is 0 Å². The van der Waals surface area contributed by atoms with E-state index in [9.17, 15) is 9.59 Å². The molecule has 1 N–H and O–H groups in total. The van der Waals surface area contributed by atoms with Crippen LogP contribution in [-0.2, 0) is 4.79 Å². The highest BCUT2D eigenvalue weighted by Crippen LogP contribution is 2.02. The third-order valence-corrected chi connectivity index (χ3v) is 1.77. The van der Waals surface area contributed by atoms with Gasteiger partial charge in [0.2, 0.25) is 6.41 Å². The fourth-order valence-corrected chi connectivity index (χ4v) is 1.03. The molecular weight excluding hydrogens is 166 g/mol. The van der Waals surface area contributed by atoms with Crippen molar-refractivity contribution >= 4 is 12.2 Å². The van der Waals surface area contributed by atoms with Crippen molar-refractivity contribution in [2.45, 2.75) is 13.0 Å². The van der Waals surface area contributed by atoms with Gasteiger partial charge in [0.05, 0.1) is 6.04 Å². The van der Waals surface area contributed by atoms with Gasteiger partial charge in [-0.3, -0.25) is 9.59 Å². The monoisotopic (exact) mass is 177 g/mol. The summed E-state index contributed by atoms with van der Waals surface area (Å²) in [5.41, 5.74) is 0.615. The number of nitrogens with one attached hydrogen (secondary N) is 1. The van der Waals surface area contributed by atoms with Gasteiger partial charge in [0, 0.05) is 5.56 Å². The van der Waals surface area contributed by atoms with E-state index in [1.165, 1.54) is 0 Å². The second-order valence-electron chi connectivity index (χ2n) is 2.74. The molecule has 3 heteroatoms. The van der Waals surface area contributed by atoms with Crippen molar-refractivity contribution in [2.24, 2.45) is 0 Å². The third kappa shape index (κ3) is 2.40. The van der Waals surface area contributed by atoms with Crippen molar-refractivity contribution in [3.8, 4) is 0 Å². The topological polar surface area (TPSA) is 46.2 Å². The van der Waals surface area contributed by atoms with Crippen LogP contribution in [0.15, 0.2) is 30.3 Å². The van der Waals surface area contributed by atoms with E-state index in [1.54, 1.807) is 31.2 Å². The van der Waals surface area contributed by atoms with Crippen LogP contribution in [0.4, 0.5) is 0 Å². The predicted molar refractivity (Wildman–Crippen MR) is 49.4 cm³/mol. The molecule has 0 aliphatic rings. The standard InChI is InChI=1S/C10H11NO2/c1-8(11-7-12)10(13)9-5-3-2-4-6-9/h2-8H,1H3,(H,11,12)/t8-/m1/s1. The molecule has 3 nitrogen and oxygen atoms in total. The van der Waals surface area contributed by atoms with Crippen LogP contribution in [0.1, 0.15) is 17.3 Å². The molecule has 0 radical (unpaired) electrons. The number of amides is 1. The quantitative estimate of drug-likeness (QED) is 0.551. The Bertz CT molecular complexity index is 295. The largest absolute Gasteiger partial charge is 0.349 e. The molecule has 0 bridgehead atoms. The first-order chi connectivity index (χ1) is 6.25. The average molecular weight is 177 g/mol. The van der Waals surface area contributed by atoms with Crippen LogP contribution >= 0.6 is 0 Å². The highest BCUT2D eigenvalue weighted by Gasteiger charge is 2.12. The lowest BCUT2D eigenvalue weighted by Gasteiger charge is -2.07. The smallest absolute Gasteiger partial charge is 0.207 e. The maximum absolute atomic E-state index is 11.5. The zero-order valence-electron chi connectivity index (χ0n) is 7.36. The minimum Gasteiger partial charge on any atom is -0.349 e. The third-order valence-electron chi connectivity index (χ3n) is 1.77. The SMILES string of the molecule is C[C@@H](NC=O)C(=O)c1ccccc1. The van der Waals surface area contributed by atoms with E-state index in [0.717, 1.165) is 0 Å². The van der Waals surface area contributed by atoms with Crippen LogP contribution in [-0.4, -0.2) is 18.2 Å². The number of rotatable bonds is 4. The number of hydrogen-bond acceptors (Lipinski definition) is 2. The molecule has 0 saturated carbocycles. The Balaban J connectivity index is 2.73. The summed E-state index contributed by atoms with van der Waals surface area (Å²) in [5.74, 6) is -0.0762. The summed E-state index contributed by atoms with van der Waals surface area (Å²) in [6, 6.07) is 8.42. The zero-order valence-corrected chi connectivity index (χ0v) is 7.36. The molecule has 68 valence electrons. The van der Waals surface area contributed by atoms with Crippen LogP contribution in [0.25, 0.3) is 0 Å². The number of benzene rings is 1. The van der Waals surface area contributed by atoms with Crippen LogP contribution in [0.3, 0.4) is 0 Å². The average Bonchev–Trinajstić information content (AvgIpc) is 2.18. The van der Waals surface area contributed by atoms with Gasteiger partial charge in [0.15, 0.2) is 5.78 Å². The number of carbonyl (C=O) groups excluding carboxylic acids is 2. The molecule has 1 rings (SSSR count). The minimum atomic E-state index is -0.458. The molecule has 0 heterocycles. The van der Waals surface area contributed by atoms with E-state index in [4.69, 9.17) is 0 Å². The summed E-state index contributed by atoms with van der Waals surface area (Å²) in [7, 11) is 0. The molecule has 0 aliphatic heterocycles. The Morgan fingerprint density at radius 3 is 2.54 bits per heavy atom. The predicted octanol–water partition coefficient (Wildman–Crippen LogP) is 1.00. The van der Waals surface area contributed by atoms with Crippen molar-refractivity contribution in [1.82, 2.24) is 5.32 Å². The fourth-order valence-electron chi connectivity index (χ4n) is 1.03. The first kappa shape index (κ1) is 9.45. The number of hydrogen-bond donors (Lipinski definition) is 1. The molecule has 13 heavy (non-hydrogen) atoms. The molecule has 0 aliphatic carbocycles. The molecule has 1 amide bonds. The van der Waals surface area contributed by atoms with Gasteiger partial charge in [-0.15, -0.1) is 0 Å².